The molecule has 0 heterocycles. The first-order valence-corrected chi connectivity index (χ1v) is 12.4. The van der Waals surface area contributed by atoms with E-state index in [2.05, 4.69) is 5.32 Å². The fraction of sp³-hybridized carbons (Fsp3) is 0.630. The van der Waals surface area contributed by atoms with Crippen molar-refractivity contribution in [3.63, 3.8) is 0 Å². The van der Waals surface area contributed by atoms with Crippen LogP contribution in [0, 0.1) is 5.92 Å². The van der Waals surface area contributed by atoms with Crippen LogP contribution in [0.1, 0.15) is 74.3 Å². The molecule has 38 heavy (non-hydrogen) atoms. The Kier molecular flexibility index (Phi) is 12.0. The van der Waals surface area contributed by atoms with Crippen molar-refractivity contribution < 1.29 is 48.0 Å². The van der Waals surface area contributed by atoms with Crippen LogP contribution in [-0.4, -0.2) is 59.2 Å². The zero-order chi connectivity index (χ0) is 29.3. The van der Waals surface area contributed by atoms with Crippen LogP contribution in [-0.2, 0) is 30.2 Å². The summed E-state index contributed by atoms with van der Waals surface area (Å²) in [6.07, 6.45) is -2.33. The van der Waals surface area contributed by atoms with E-state index in [4.69, 9.17) is 23.7 Å². The van der Waals surface area contributed by atoms with Gasteiger partial charge < -0.3 is 34.1 Å². The first kappa shape index (κ1) is 32.7. The number of nitrogens with one attached hydrogen (secondary N) is 1. The highest BCUT2D eigenvalue weighted by molar-refractivity contribution is 5.74. The topological polar surface area (TPSA) is 147 Å². The number of carboxylic acids is 1. The van der Waals surface area contributed by atoms with Crippen LogP contribution in [0.3, 0.4) is 0 Å². The molecule has 0 aliphatic heterocycles. The summed E-state index contributed by atoms with van der Waals surface area (Å²) in [7, 11) is 0. The summed E-state index contributed by atoms with van der Waals surface area (Å²) < 4.78 is 26.2. The number of esters is 1. The van der Waals surface area contributed by atoms with Crippen LogP contribution in [0.25, 0.3) is 0 Å². The van der Waals surface area contributed by atoms with Gasteiger partial charge in [0.1, 0.15) is 23.3 Å². The smallest absolute Gasteiger partial charge is 0.480 e. The van der Waals surface area contributed by atoms with Crippen LogP contribution in [0.5, 0.6) is 11.5 Å². The summed E-state index contributed by atoms with van der Waals surface area (Å²) in [5, 5.41) is 12.6. The number of hydrogen-bond donors (Lipinski definition) is 2. The molecule has 0 aliphatic rings. The Labute approximate surface area is 224 Å². The van der Waals surface area contributed by atoms with Gasteiger partial charge in [-0.05, 0) is 78.5 Å². The van der Waals surface area contributed by atoms with Crippen LogP contribution in [0.4, 0.5) is 9.59 Å². The highest BCUT2D eigenvalue weighted by Gasteiger charge is 2.25. The summed E-state index contributed by atoms with van der Waals surface area (Å²) in [6.45, 7) is 15.6. The average molecular weight is 540 g/mol. The highest BCUT2D eigenvalue weighted by Crippen LogP contribution is 2.31. The fourth-order valence-electron chi connectivity index (χ4n) is 3.00. The monoisotopic (exact) mass is 539 g/mol. The number of benzene rings is 1. The molecule has 11 nitrogen and oxygen atoms in total. The second-order valence-electron chi connectivity index (χ2n) is 11.3. The van der Waals surface area contributed by atoms with Crippen LogP contribution in [0.2, 0.25) is 0 Å². The Morgan fingerprint density at radius 3 is 1.87 bits per heavy atom. The Balaban J connectivity index is 3.06. The van der Waals surface area contributed by atoms with Crippen molar-refractivity contribution in [1.29, 1.82) is 0 Å². The third kappa shape index (κ3) is 13.8. The molecule has 0 fully saturated rings. The van der Waals surface area contributed by atoms with Crippen molar-refractivity contribution in [1.82, 2.24) is 5.32 Å². The minimum absolute atomic E-state index is 0.0145. The van der Waals surface area contributed by atoms with Crippen molar-refractivity contribution >= 4 is 24.2 Å². The van der Waals surface area contributed by atoms with Gasteiger partial charge in [-0.25, -0.2) is 9.59 Å². The maximum atomic E-state index is 12.3. The number of ether oxygens (including phenoxy) is 5. The Bertz CT molecular complexity index is 975. The van der Waals surface area contributed by atoms with E-state index in [0.717, 1.165) is 0 Å². The van der Waals surface area contributed by atoms with Gasteiger partial charge in [0, 0.05) is 13.0 Å². The average Bonchev–Trinajstić information content (AvgIpc) is 2.69. The molecule has 0 aliphatic carbocycles. The molecule has 0 amide bonds. The quantitative estimate of drug-likeness (QED) is 0.225. The first-order valence-electron chi connectivity index (χ1n) is 12.4. The van der Waals surface area contributed by atoms with Crippen molar-refractivity contribution in [2.24, 2.45) is 5.92 Å². The number of carboxylic acid groups (broad SMARTS) is 1. The number of carbonyl (C=O) groups is 4. The van der Waals surface area contributed by atoms with Gasteiger partial charge in [0.15, 0.2) is 11.5 Å². The van der Waals surface area contributed by atoms with E-state index in [1.54, 1.807) is 48.5 Å². The maximum Gasteiger partial charge on any atom is 0.514 e. The van der Waals surface area contributed by atoms with Crippen LogP contribution < -0.4 is 14.8 Å². The largest absolute Gasteiger partial charge is 0.514 e. The molecule has 1 rings (SSSR count). The standard InChI is InChI=1S/C27H41NO10/c1-16(2)12-22(29)34-17(3)15-28-19(23(30)31)13-18-10-11-20(35-24(32)37-26(4,5)6)21(14-18)36-25(33)38-27(7,8)9/h10-11,14,16-17,19,28H,12-13,15H2,1-9H3,(H,30,31)/t17?,19-/m0/s1. The van der Waals surface area contributed by atoms with Gasteiger partial charge >= 0.3 is 24.2 Å². The van der Waals surface area contributed by atoms with Crippen molar-refractivity contribution in [2.45, 2.75) is 98.5 Å². The molecule has 0 saturated carbocycles. The molecule has 1 aromatic rings. The SMILES string of the molecule is CC(C)CC(=O)OC(C)CN[C@@H](Cc1ccc(OC(=O)OC(C)(C)C)c(OC(=O)OC(C)(C)C)c1)C(=O)O. The third-order valence-electron chi connectivity index (χ3n) is 4.47. The summed E-state index contributed by atoms with van der Waals surface area (Å²) in [4.78, 5) is 48.3. The molecule has 0 spiro atoms. The lowest BCUT2D eigenvalue weighted by Crippen LogP contribution is -2.42. The lowest BCUT2D eigenvalue weighted by molar-refractivity contribution is -0.149. The van der Waals surface area contributed by atoms with E-state index < -0.39 is 41.6 Å². The summed E-state index contributed by atoms with van der Waals surface area (Å²) in [5.41, 5.74) is -1.19. The Hall–Kier alpha value is -3.34. The Morgan fingerprint density at radius 1 is 0.868 bits per heavy atom. The van der Waals surface area contributed by atoms with Gasteiger partial charge in [0.2, 0.25) is 0 Å². The molecule has 0 saturated heterocycles. The fourth-order valence-corrected chi connectivity index (χ4v) is 3.00. The second kappa shape index (κ2) is 14.0. The number of aliphatic carboxylic acids is 1. The van der Waals surface area contributed by atoms with E-state index in [-0.39, 0.29) is 42.8 Å². The molecule has 0 radical (unpaired) electrons. The van der Waals surface area contributed by atoms with Gasteiger partial charge in [-0.1, -0.05) is 19.9 Å². The van der Waals surface area contributed by atoms with E-state index in [1.165, 1.54) is 18.2 Å². The Morgan fingerprint density at radius 2 is 1.39 bits per heavy atom. The minimum atomic E-state index is -1.13. The molecule has 11 heteroatoms. The van der Waals surface area contributed by atoms with Gasteiger partial charge in [0.05, 0.1) is 0 Å². The van der Waals surface area contributed by atoms with Gasteiger partial charge in [0.25, 0.3) is 0 Å². The van der Waals surface area contributed by atoms with Gasteiger partial charge in [-0.3, -0.25) is 9.59 Å². The molecule has 1 unspecified atom stereocenters. The molecule has 2 atom stereocenters. The molecular weight excluding hydrogens is 498 g/mol. The minimum Gasteiger partial charge on any atom is -0.480 e. The highest BCUT2D eigenvalue weighted by atomic mass is 16.8. The molecule has 214 valence electrons. The molecule has 0 aromatic heterocycles. The van der Waals surface area contributed by atoms with Gasteiger partial charge in [-0.2, -0.15) is 0 Å². The van der Waals surface area contributed by atoms with Crippen molar-refractivity contribution in [3.05, 3.63) is 23.8 Å². The predicted octanol–water partition coefficient (Wildman–Crippen LogP) is 4.88. The molecular formula is C27H41NO10. The van der Waals surface area contributed by atoms with Crippen LogP contribution >= 0.6 is 0 Å². The molecule has 2 N–H and O–H groups in total. The van der Waals surface area contributed by atoms with Crippen molar-refractivity contribution in [2.75, 3.05) is 6.54 Å². The lowest BCUT2D eigenvalue weighted by atomic mass is 10.0. The number of hydrogen-bond acceptors (Lipinski definition) is 10. The maximum absolute atomic E-state index is 12.3. The normalized spacial score (nSPS) is 13.3. The summed E-state index contributed by atoms with van der Waals surface area (Å²) in [6, 6.07) is 3.24. The third-order valence-corrected chi connectivity index (χ3v) is 4.47. The number of rotatable bonds is 11. The van der Waals surface area contributed by atoms with E-state index >= 15 is 0 Å². The van der Waals surface area contributed by atoms with E-state index in [0.29, 0.717) is 5.56 Å². The number of carbonyl (C=O) groups excluding carboxylic acids is 3. The van der Waals surface area contributed by atoms with Gasteiger partial charge in [-0.15, -0.1) is 0 Å². The lowest BCUT2D eigenvalue weighted by Gasteiger charge is -2.21. The second-order valence-corrected chi connectivity index (χ2v) is 11.3. The van der Waals surface area contributed by atoms with E-state index in [1.807, 2.05) is 13.8 Å². The molecule has 0 bridgehead atoms. The summed E-state index contributed by atoms with van der Waals surface area (Å²) in [5.74, 6) is -1.60. The summed E-state index contributed by atoms with van der Waals surface area (Å²) >= 11 is 0. The van der Waals surface area contributed by atoms with Crippen LogP contribution in [0.15, 0.2) is 18.2 Å². The molecule has 1 aromatic carbocycles. The van der Waals surface area contributed by atoms with E-state index in [9.17, 15) is 24.3 Å². The zero-order valence-electron chi connectivity index (χ0n) is 23.7. The predicted molar refractivity (Wildman–Crippen MR) is 138 cm³/mol. The van der Waals surface area contributed by atoms with Crippen molar-refractivity contribution in [3.8, 4) is 11.5 Å². The zero-order valence-corrected chi connectivity index (χ0v) is 23.7. The first-order chi connectivity index (χ1) is 17.3.